The summed E-state index contributed by atoms with van der Waals surface area (Å²) in [5.74, 6) is 1.46. The summed E-state index contributed by atoms with van der Waals surface area (Å²) in [7, 11) is 1.60. The Hall–Kier alpha value is -2.37. The SMILES string of the molecule is COc1cc(C(=O)NCCCc2ncn[nH]2)ccc1C. The number of carbonyl (C=O) groups excluding carboxylic acids is 1. The predicted octanol–water partition coefficient (Wildman–Crippen LogP) is 1.48. The van der Waals surface area contributed by atoms with E-state index >= 15 is 0 Å². The van der Waals surface area contributed by atoms with Gasteiger partial charge in [-0.15, -0.1) is 0 Å². The molecule has 1 aromatic carbocycles. The zero-order valence-electron chi connectivity index (χ0n) is 11.6. The van der Waals surface area contributed by atoms with Crippen molar-refractivity contribution >= 4 is 5.91 Å². The number of methoxy groups -OCH3 is 1. The summed E-state index contributed by atoms with van der Waals surface area (Å²) >= 11 is 0. The number of carbonyl (C=O) groups is 1. The molecule has 0 spiro atoms. The number of H-pyrrole nitrogens is 1. The lowest BCUT2D eigenvalue weighted by Gasteiger charge is -2.08. The number of rotatable bonds is 6. The fourth-order valence-electron chi connectivity index (χ4n) is 1.87. The lowest BCUT2D eigenvalue weighted by molar-refractivity contribution is 0.0953. The van der Waals surface area contributed by atoms with Gasteiger partial charge in [0, 0.05) is 18.5 Å². The topological polar surface area (TPSA) is 79.9 Å². The molecule has 0 saturated heterocycles. The van der Waals surface area contributed by atoms with Crippen LogP contribution in [-0.2, 0) is 6.42 Å². The normalized spacial score (nSPS) is 10.3. The van der Waals surface area contributed by atoms with Gasteiger partial charge in [0.05, 0.1) is 7.11 Å². The Bertz CT molecular complexity index is 567. The molecule has 20 heavy (non-hydrogen) atoms. The second kappa shape index (κ2) is 6.70. The lowest BCUT2D eigenvalue weighted by atomic mass is 10.1. The maximum absolute atomic E-state index is 12.0. The van der Waals surface area contributed by atoms with E-state index in [0.29, 0.717) is 12.1 Å². The number of nitrogens with one attached hydrogen (secondary N) is 2. The quantitative estimate of drug-likeness (QED) is 0.782. The highest BCUT2D eigenvalue weighted by molar-refractivity contribution is 5.94. The number of benzene rings is 1. The maximum atomic E-state index is 12.0. The van der Waals surface area contributed by atoms with Gasteiger partial charge in [0.1, 0.15) is 17.9 Å². The van der Waals surface area contributed by atoms with E-state index in [9.17, 15) is 4.79 Å². The standard InChI is InChI=1S/C14H18N4O2/c1-10-5-6-11(8-12(10)20-2)14(19)15-7-3-4-13-16-9-17-18-13/h5-6,8-9H,3-4,7H2,1-2H3,(H,15,19)(H,16,17,18). The average Bonchev–Trinajstić information content (AvgIpc) is 2.97. The van der Waals surface area contributed by atoms with E-state index in [0.717, 1.165) is 30.0 Å². The molecule has 0 aliphatic rings. The van der Waals surface area contributed by atoms with E-state index in [1.54, 1.807) is 19.2 Å². The van der Waals surface area contributed by atoms with Gasteiger partial charge in [-0.2, -0.15) is 5.10 Å². The Kier molecular flexibility index (Phi) is 4.70. The van der Waals surface area contributed by atoms with Crippen molar-refractivity contribution < 1.29 is 9.53 Å². The first-order chi connectivity index (χ1) is 9.70. The summed E-state index contributed by atoms with van der Waals surface area (Å²) in [5, 5.41) is 9.44. The van der Waals surface area contributed by atoms with Gasteiger partial charge in [0.25, 0.3) is 5.91 Å². The third-order valence-corrected chi connectivity index (χ3v) is 3.01. The minimum Gasteiger partial charge on any atom is -0.496 e. The number of hydrogen-bond donors (Lipinski definition) is 2. The van der Waals surface area contributed by atoms with Crippen LogP contribution < -0.4 is 10.1 Å². The first kappa shape index (κ1) is 14.0. The number of aryl methyl sites for hydroxylation is 2. The molecule has 6 heteroatoms. The van der Waals surface area contributed by atoms with Crippen LogP contribution in [0.3, 0.4) is 0 Å². The summed E-state index contributed by atoms with van der Waals surface area (Å²) in [5.41, 5.74) is 1.61. The number of ether oxygens (including phenoxy) is 1. The molecule has 0 saturated carbocycles. The van der Waals surface area contributed by atoms with Gasteiger partial charge in [0.15, 0.2) is 0 Å². The van der Waals surface area contributed by atoms with Crippen molar-refractivity contribution in [3.63, 3.8) is 0 Å². The molecule has 6 nitrogen and oxygen atoms in total. The van der Waals surface area contributed by atoms with E-state index in [4.69, 9.17) is 4.74 Å². The molecule has 0 aliphatic heterocycles. The molecule has 1 heterocycles. The first-order valence-electron chi connectivity index (χ1n) is 6.48. The van der Waals surface area contributed by atoms with Crippen molar-refractivity contribution in [3.8, 4) is 5.75 Å². The number of aromatic amines is 1. The first-order valence-corrected chi connectivity index (χ1v) is 6.48. The van der Waals surface area contributed by atoms with Gasteiger partial charge in [-0.3, -0.25) is 9.89 Å². The summed E-state index contributed by atoms with van der Waals surface area (Å²) in [6.07, 6.45) is 3.05. The summed E-state index contributed by atoms with van der Waals surface area (Å²) in [6.45, 7) is 2.54. The van der Waals surface area contributed by atoms with Crippen LogP contribution in [0.1, 0.15) is 28.2 Å². The lowest BCUT2D eigenvalue weighted by Crippen LogP contribution is -2.24. The molecule has 1 aromatic heterocycles. The van der Waals surface area contributed by atoms with Crippen LogP contribution >= 0.6 is 0 Å². The van der Waals surface area contributed by atoms with Crippen LogP contribution in [0.4, 0.5) is 0 Å². The zero-order valence-corrected chi connectivity index (χ0v) is 11.6. The molecule has 2 aromatic rings. The Balaban J connectivity index is 1.82. The van der Waals surface area contributed by atoms with E-state index in [1.165, 1.54) is 6.33 Å². The molecular weight excluding hydrogens is 256 g/mol. The predicted molar refractivity (Wildman–Crippen MR) is 74.8 cm³/mol. The molecule has 1 amide bonds. The second-order valence-corrected chi connectivity index (χ2v) is 4.48. The molecule has 2 N–H and O–H groups in total. The van der Waals surface area contributed by atoms with Gasteiger partial charge in [-0.25, -0.2) is 4.98 Å². The van der Waals surface area contributed by atoms with Crippen LogP contribution in [-0.4, -0.2) is 34.7 Å². The Morgan fingerprint density at radius 2 is 2.30 bits per heavy atom. The Morgan fingerprint density at radius 1 is 1.45 bits per heavy atom. The summed E-state index contributed by atoms with van der Waals surface area (Å²) in [6, 6.07) is 5.42. The highest BCUT2D eigenvalue weighted by atomic mass is 16.5. The highest BCUT2D eigenvalue weighted by Crippen LogP contribution is 2.18. The fourth-order valence-corrected chi connectivity index (χ4v) is 1.87. The smallest absolute Gasteiger partial charge is 0.251 e. The third kappa shape index (κ3) is 3.57. The van der Waals surface area contributed by atoms with Crippen molar-refractivity contribution in [2.75, 3.05) is 13.7 Å². The van der Waals surface area contributed by atoms with Crippen LogP contribution in [0.5, 0.6) is 5.75 Å². The molecule has 0 unspecified atom stereocenters. The monoisotopic (exact) mass is 274 g/mol. The molecule has 106 valence electrons. The Labute approximate surface area is 117 Å². The molecule has 0 radical (unpaired) electrons. The van der Waals surface area contributed by atoms with Gasteiger partial charge in [-0.1, -0.05) is 6.07 Å². The fraction of sp³-hybridized carbons (Fsp3) is 0.357. The number of amides is 1. The molecule has 0 aliphatic carbocycles. The van der Waals surface area contributed by atoms with Crippen molar-refractivity contribution in [2.24, 2.45) is 0 Å². The van der Waals surface area contributed by atoms with Crippen LogP contribution in [0.15, 0.2) is 24.5 Å². The number of hydrogen-bond acceptors (Lipinski definition) is 4. The number of nitrogens with zero attached hydrogens (tertiary/aromatic N) is 2. The largest absolute Gasteiger partial charge is 0.496 e. The number of aromatic nitrogens is 3. The van der Waals surface area contributed by atoms with Gasteiger partial charge < -0.3 is 10.1 Å². The van der Waals surface area contributed by atoms with Crippen LogP contribution in [0, 0.1) is 6.92 Å². The van der Waals surface area contributed by atoms with Crippen LogP contribution in [0.2, 0.25) is 0 Å². The van der Waals surface area contributed by atoms with Crippen molar-refractivity contribution in [1.29, 1.82) is 0 Å². The van der Waals surface area contributed by atoms with Gasteiger partial charge in [0.2, 0.25) is 0 Å². The summed E-state index contributed by atoms with van der Waals surface area (Å²) in [4.78, 5) is 16.0. The van der Waals surface area contributed by atoms with E-state index < -0.39 is 0 Å². The molecule has 0 bridgehead atoms. The van der Waals surface area contributed by atoms with Crippen LogP contribution in [0.25, 0.3) is 0 Å². The molecule has 0 fully saturated rings. The van der Waals surface area contributed by atoms with E-state index in [1.807, 2.05) is 13.0 Å². The molecule has 0 atom stereocenters. The molecular formula is C14H18N4O2. The third-order valence-electron chi connectivity index (χ3n) is 3.01. The highest BCUT2D eigenvalue weighted by Gasteiger charge is 2.08. The van der Waals surface area contributed by atoms with Gasteiger partial charge >= 0.3 is 0 Å². The maximum Gasteiger partial charge on any atom is 0.251 e. The average molecular weight is 274 g/mol. The minimum absolute atomic E-state index is 0.0964. The molecule has 2 rings (SSSR count). The van der Waals surface area contributed by atoms with Crippen molar-refractivity contribution in [3.05, 3.63) is 41.5 Å². The van der Waals surface area contributed by atoms with E-state index in [2.05, 4.69) is 20.5 Å². The van der Waals surface area contributed by atoms with Crippen molar-refractivity contribution in [1.82, 2.24) is 20.5 Å². The second-order valence-electron chi connectivity index (χ2n) is 4.48. The minimum atomic E-state index is -0.0964. The summed E-state index contributed by atoms with van der Waals surface area (Å²) < 4.78 is 5.21. The van der Waals surface area contributed by atoms with E-state index in [-0.39, 0.29) is 5.91 Å². The van der Waals surface area contributed by atoms with Gasteiger partial charge in [-0.05, 0) is 31.0 Å². The Morgan fingerprint density at radius 3 is 3.00 bits per heavy atom. The zero-order chi connectivity index (χ0) is 14.4. The van der Waals surface area contributed by atoms with Crippen molar-refractivity contribution in [2.45, 2.75) is 19.8 Å².